The summed E-state index contributed by atoms with van der Waals surface area (Å²) in [6.45, 7) is 1.66. The standard InChI is InChI=1S/C5H10N6O/c1-3(4(12)7-2)11-5(6)8-9-10-11/h3H,1-2H3,(H,7,12)(H2,6,8,10). The van der Waals surface area contributed by atoms with Crippen molar-refractivity contribution >= 4 is 11.9 Å². The fourth-order valence-electron chi connectivity index (χ4n) is 0.796. The van der Waals surface area contributed by atoms with E-state index in [9.17, 15) is 4.79 Å². The first-order chi connectivity index (χ1) is 5.66. The van der Waals surface area contributed by atoms with E-state index in [-0.39, 0.29) is 11.9 Å². The summed E-state index contributed by atoms with van der Waals surface area (Å²) in [5, 5.41) is 12.8. The van der Waals surface area contributed by atoms with Gasteiger partial charge in [0.25, 0.3) is 0 Å². The lowest BCUT2D eigenvalue weighted by molar-refractivity contribution is -0.123. The number of likely N-dealkylation sites (N-methyl/N-ethyl adjacent to an activating group) is 1. The summed E-state index contributed by atoms with van der Waals surface area (Å²) in [5.74, 6) is -0.0555. The Kier molecular flexibility index (Phi) is 2.22. The second kappa shape index (κ2) is 3.16. The van der Waals surface area contributed by atoms with Crippen LogP contribution in [0.3, 0.4) is 0 Å². The summed E-state index contributed by atoms with van der Waals surface area (Å²) in [4.78, 5) is 11.1. The number of rotatable bonds is 2. The average molecular weight is 170 g/mol. The molecule has 0 spiro atoms. The normalized spacial score (nSPS) is 12.5. The average Bonchev–Trinajstić information content (AvgIpc) is 2.48. The first-order valence-corrected chi connectivity index (χ1v) is 3.41. The van der Waals surface area contributed by atoms with Gasteiger partial charge in [-0.25, -0.2) is 0 Å². The largest absolute Gasteiger partial charge is 0.367 e. The van der Waals surface area contributed by atoms with Gasteiger partial charge in [0.05, 0.1) is 0 Å². The van der Waals surface area contributed by atoms with Gasteiger partial charge in [-0.2, -0.15) is 4.68 Å². The number of nitrogens with zero attached hydrogens (tertiary/aromatic N) is 4. The maximum Gasteiger partial charge on any atom is 0.244 e. The molecule has 0 radical (unpaired) electrons. The van der Waals surface area contributed by atoms with Crippen LogP contribution in [0, 0.1) is 0 Å². The van der Waals surface area contributed by atoms with Crippen LogP contribution in [0.25, 0.3) is 0 Å². The second-order valence-electron chi connectivity index (χ2n) is 2.27. The molecule has 0 aliphatic carbocycles. The molecule has 66 valence electrons. The van der Waals surface area contributed by atoms with Crippen molar-refractivity contribution < 1.29 is 4.79 Å². The van der Waals surface area contributed by atoms with Gasteiger partial charge in [0.2, 0.25) is 11.9 Å². The molecule has 1 aromatic rings. The number of tetrazole rings is 1. The van der Waals surface area contributed by atoms with Gasteiger partial charge in [0.15, 0.2) is 0 Å². The van der Waals surface area contributed by atoms with E-state index in [2.05, 4.69) is 20.8 Å². The minimum Gasteiger partial charge on any atom is -0.367 e. The topological polar surface area (TPSA) is 98.7 Å². The van der Waals surface area contributed by atoms with Crippen molar-refractivity contribution in [1.29, 1.82) is 0 Å². The van der Waals surface area contributed by atoms with Crippen molar-refractivity contribution in [2.75, 3.05) is 12.8 Å². The molecule has 0 fully saturated rings. The number of hydrogen-bond acceptors (Lipinski definition) is 5. The van der Waals surface area contributed by atoms with Crippen molar-refractivity contribution in [1.82, 2.24) is 25.5 Å². The molecule has 0 aromatic carbocycles. The molecule has 7 heteroatoms. The third-order valence-corrected chi connectivity index (χ3v) is 1.51. The smallest absolute Gasteiger partial charge is 0.244 e. The number of hydrogen-bond donors (Lipinski definition) is 2. The van der Waals surface area contributed by atoms with Gasteiger partial charge < -0.3 is 11.1 Å². The van der Waals surface area contributed by atoms with Crippen molar-refractivity contribution in [3.05, 3.63) is 0 Å². The lowest BCUT2D eigenvalue weighted by Gasteiger charge is -2.08. The maximum absolute atomic E-state index is 11.1. The van der Waals surface area contributed by atoms with Crippen LogP contribution in [-0.2, 0) is 4.79 Å². The number of nitrogen functional groups attached to an aromatic ring is 1. The predicted molar refractivity (Wildman–Crippen MR) is 41.0 cm³/mol. The highest BCUT2D eigenvalue weighted by atomic mass is 16.2. The Balaban J connectivity index is 2.84. The van der Waals surface area contributed by atoms with Crippen LogP contribution in [0.2, 0.25) is 0 Å². The number of amides is 1. The molecule has 1 unspecified atom stereocenters. The third kappa shape index (κ3) is 1.34. The summed E-state index contributed by atoms with van der Waals surface area (Å²) in [6.07, 6.45) is 0. The molecular formula is C5H10N6O. The van der Waals surface area contributed by atoms with E-state index in [0.717, 1.165) is 0 Å². The first kappa shape index (κ1) is 8.44. The van der Waals surface area contributed by atoms with Gasteiger partial charge in [-0.1, -0.05) is 5.10 Å². The van der Waals surface area contributed by atoms with Crippen LogP contribution in [-0.4, -0.2) is 33.2 Å². The highest BCUT2D eigenvalue weighted by Gasteiger charge is 2.16. The van der Waals surface area contributed by atoms with Crippen LogP contribution in [0.5, 0.6) is 0 Å². The highest BCUT2D eigenvalue weighted by molar-refractivity contribution is 5.79. The van der Waals surface area contributed by atoms with E-state index < -0.39 is 6.04 Å². The summed E-state index contributed by atoms with van der Waals surface area (Å²) in [7, 11) is 1.54. The number of aromatic nitrogens is 4. The van der Waals surface area contributed by atoms with Gasteiger partial charge in [-0.3, -0.25) is 4.79 Å². The molecule has 1 heterocycles. The van der Waals surface area contributed by atoms with E-state index in [1.807, 2.05) is 0 Å². The van der Waals surface area contributed by atoms with Gasteiger partial charge in [-0.05, 0) is 17.4 Å². The van der Waals surface area contributed by atoms with Crippen LogP contribution in [0.15, 0.2) is 0 Å². The van der Waals surface area contributed by atoms with Gasteiger partial charge >= 0.3 is 0 Å². The Hall–Kier alpha value is -1.66. The Morgan fingerprint density at radius 3 is 2.83 bits per heavy atom. The molecule has 1 rings (SSSR count). The zero-order valence-corrected chi connectivity index (χ0v) is 6.85. The molecule has 1 aromatic heterocycles. The predicted octanol–water partition coefficient (Wildman–Crippen LogP) is -1.44. The summed E-state index contributed by atoms with van der Waals surface area (Å²) >= 11 is 0. The number of nitrogens with one attached hydrogen (secondary N) is 1. The molecule has 3 N–H and O–H groups in total. The van der Waals surface area contributed by atoms with E-state index in [4.69, 9.17) is 5.73 Å². The van der Waals surface area contributed by atoms with E-state index in [1.54, 1.807) is 14.0 Å². The van der Waals surface area contributed by atoms with E-state index >= 15 is 0 Å². The molecule has 7 nitrogen and oxygen atoms in total. The number of anilines is 1. The van der Waals surface area contributed by atoms with Gasteiger partial charge in [0, 0.05) is 7.05 Å². The fraction of sp³-hybridized carbons (Fsp3) is 0.600. The molecule has 0 saturated heterocycles. The molecule has 1 atom stereocenters. The Labute approximate surface area is 68.9 Å². The van der Waals surface area contributed by atoms with Crippen LogP contribution in [0.4, 0.5) is 5.95 Å². The van der Waals surface area contributed by atoms with Crippen molar-refractivity contribution in [3.8, 4) is 0 Å². The molecule has 1 amide bonds. The minimum atomic E-state index is -0.481. The van der Waals surface area contributed by atoms with Crippen LogP contribution >= 0.6 is 0 Å². The van der Waals surface area contributed by atoms with E-state index in [0.29, 0.717) is 0 Å². The summed E-state index contributed by atoms with van der Waals surface area (Å²) in [6, 6.07) is -0.481. The third-order valence-electron chi connectivity index (χ3n) is 1.51. The van der Waals surface area contributed by atoms with Gasteiger partial charge in [-0.15, -0.1) is 0 Å². The van der Waals surface area contributed by atoms with Crippen LogP contribution in [0.1, 0.15) is 13.0 Å². The fourth-order valence-corrected chi connectivity index (χ4v) is 0.796. The zero-order valence-electron chi connectivity index (χ0n) is 6.85. The van der Waals surface area contributed by atoms with Crippen molar-refractivity contribution in [2.24, 2.45) is 0 Å². The highest BCUT2D eigenvalue weighted by Crippen LogP contribution is 2.05. The van der Waals surface area contributed by atoms with E-state index in [1.165, 1.54) is 4.68 Å². The summed E-state index contributed by atoms with van der Waals surface area (Å²) in [5.41, 5.74) is 5.38. The first-order valence-electron chi connectivity index (χ1n) is 3.41. The second-order valence-corrected chi connectivity index (χ2v) is 2.27. The lowest BCUT2D eigenvalue weighted by atomic mass is 10.3. The summed E-state index contributed by atoms with van der Waals surface area (Å²) < 4.78 is 1.25. The minimum absolute atomic E-state index is 0.131. The number of carbonyl (C=O) groups is 1. The Morgan fingerprint density at radius 2 is 2.42 bits per heavy atom. The molecule has 12 heavy (non-hydrogen) atoms. The van der Waals surface area contributed by atoms with Crippen molar-refractivity contribution in [3.63, 3.8) is 0 Å². The van der Waals surface area contributed by atoms with Gasteiger partial charge in [0.1, 0.15) is 6.04 Å². The lowest BCUT2D eigenvalue weighted by Crippen LogP contribution is -2.29. The quantitative estimate of drug-likeness (QED) is 0.566. The SMILES string of the molecule is CNC(=O)C(C)n1nnnc1N. The Bertz CT molecular complexity index is 281. The monoisotopic (exact) mass is 170 g/mol. The van der Waals surface area contributed by atoms with Crippen molar-refractivity contribution in [2.45, 2.75) is 13.0 Å². The molecule has 0 aliphatic rings. The number of nitrogens with two attached hydrogens (primary N) is 1. The molecular weight excluding hydrogens is 160 g/mol. The zero-order chi connectivity index (χ0) is 9.14. The molecule has 0 saturated carbocycles. The molecule has 0 bridgehead atoms. The molecule has 0 aliphatic heterocycles. The number of carbonyl (C=O) groups excluding carboxylic acids is 1. The maximum atomic E-state index is 11.1. The van der Waals surface area contributed by atoms with Crippen LogP contribution < -0.4 is 11.1 Å². The Morgan fingerprint density at radius 1 is 1.75 bits per heavy atom.